The van der Waals surface area contributed by atoms with Crippen molar-refractivity contribution in [2.45, 2.75) is 0 Å². The third kappa shape index (κ3) is 2.61. The van der Waals surface area contributed by atoms with Crippen molar-refractivity contribution in [1.29, 1.82) is 0 Å². The number of benzene rings is 1. The Morgan fingerprint density at radius 2 is 2.18 bits per heavy atom. The third-order valence-electron chi connectivity index (χ3n) is 2.69. The maximum atomic E-state index is 8.43. The number of nitrogens with zero attached hydrogens (tertiary/aromatic N) is 4. The van der Waals surface area contributed by atoms with Crippen molar-refractivity contribution >= 4 is 11.4 Å². The van der Waals surface area contributed by atoms with Gasteiger partial charge in [-0.05, 0) is 17.7 Å². The van der Waals surface area contributed by atoms with E-state index in [-0.39, 0.29) is 0 Å². The SMILES string of the molecule is COc1cc(N2CCOCC2)ccc1N=[N+]=[N-]. The van der Waals surface area contributed by atoms with E-state index in [1.165, 1.54) is 0 Å². The lowest BCUT2D eigenvalue weighted by Crippen LogP contribution is -2.36. The van der Waals surface area contributed by atoms with Gasteiger partial charge in [0.1, 0.15) is 5.75 Å². The van der Waals surface area contributed by atoms with Crippen LogP contribution in [-0.4, -0.2) is 33.4 Å². The van der Waals surface area contributed by atoms with Gasteiger partial charge in [-0.25, -0.2) is 0 Å². The van der Waals surface area contributed by atoms with Crippen molar-refractivity contribution in [3.8, 4) is 5.75 Å². The maximum Gasteiger partial charge on any atom is 0.130 e. The normalized spacial score (nSPS) is 15.2. The summed E-state index contributed by atoms with van der Waals surface area (Å²) in [6, 6.07) is 5.58. The molecule has 6 nitrogen and oxygen atoms in total. The van der Waals surface area contributed by atoms with Gasteiger partial charge in [0.05, 0.1) is 26.0 Å². The summed E-state index contributed by atoms with van der Waals surface area (Å²) < 4.78 is 10.5. The van der Waals surface area contributed by atoms with Gasteiger partial charge in [-0.3, -0.25) is 0 Å². The van der Waals surface area contributed by atoms with E-state index in [1.54, 1.807) is 13.2 Å². The van der Waals surface area contributed by atoms with E-state index in [0.717, 1.165) is 32.0 Å². The highest BCUT2D eigenvalue weighted by Gasteiger charge is 2.12. The van der Waals surface area contributed by atoms with E-state index in [2.05, 4.69) is 14.9 Å². The van der Waals surface area contributed by atoms with Crippen LogP contribution < -0.4 is 9.64 Å². The molecule has 1 heterocycles. The van der Waals surface area contributed by atoms with Gasteiger partial charge in [0.25, 0.3) is 0 Å². The molecule has 0 aromatic heterocycles. The van der Waals surface area contributed by atoms with Gasteiger partial charge in [0.15, 0.2) is 0 Å². The van der Waals surface area contributed by atoms with Crippen LogP contribution in [0, 0.1) is 0 Å². The smallest absolute Gasteiger partial charge is 0.130 e. The van der Waals surface area contributed by atoms with Gasteiger partial charge >= 0.3 is 0 Å². The molecule has 0 atom stereocenters. The minimum atomic E-state index is 0.506. The predicted molar refractivity (Wildman–Crippen MR) is 64.8 cm³/mol. The van der Waals surface area contributed by atoms with Crippen LogP contribution >= 0.6 is 0 Å². The minimum Gasteiger partial charge on any atom is -0.496 e. The molecule has 90 valence electrons. The summed E-state index contributed by atoms with van der Waals surface area (Å²) >= 11 is 0. The Hall–Kier alpha value is -1.91. The van der Waals surface area contributed by atoms with Crippen LogP contribution in [0.1, 0.15) is 0 Å². The topological polar surface area (TPSA) is 70.5 Å². The highest BCUT2D eigenvalue weighted by molar-refractivity contribution is 5.62. The molecule has 1 fully saturated rings. The predicted octanol–water partition coefficient (Wildman–Crippen LogP) is 2.47. The van der Waals surface area contributed by atoms with Gasteiger partial charge in [-0.1, -0.05) is 5.11 Å². The van der Waals surface area contributed by atoms with Crippen molar-refractivity contribution in [3.05, 3.63) is 28.6 Å². The fourth-order valence-electron chi connectivity index (χ4n) is 1.82. The molecule has 0 radical (unpaired) electrons. The largest absolute Gasteiger partial charge is 0.496 e. The molecule has 0 unspecified atom stereocenters. The summed E-state index contributed by atoms with van der Waals surface area (Å²) in [5.41, 5.74) is 10.00. The summed E-state index contributed by atoms with van der Waals surface area (Å²) in [6.07, 6.45) is 0. The number of rotatable bonds is 3. The van der Waals surface area contributed by atoms with Crippen molar-refractivity contribution in [3.63, 3.8) is 0 Å². The fourth-order valence-corrected chi connectivity index (χ4v) is 1.82. The molecule has 1 aromatic rings. The standard InChI is InChI=1S/C11H14N4O2/c1-16-11-8-9(2-3-10(11)13-14-12)15-4-6-17-7-5-15/h2-3,8H,4-7H2,1H3. The van der Waals surface area contributed by atoms with Crippen LogP contribution in [0.3, 0.4) is 0 Å². The fraction of sp³-hybridized carbons (Fsp3) is 0.455. The van der Waals surface area contributed by atoms with E-state index < -0.39 is 0 Å². The molecule has 1 aliphatic heterocycles. The Labute approximate surface area is 99.4 Å². The van der Waals surface area contributed by atoms with Crippen molar-refractivity contribution in [2.75, 3.05) is 38.3 Å². The van der Waals surface area contributed by atoms with E-state index >= 15 is 0 Å². The molecule has 17 heavy (non-hydrogen) atoms. The van der Waals surface area contributed by atoms with Crippen LogP contribution in [0.5, 0.6) is 5.75 Å². The van der Waals surface area contributed by atoms with E-state index in [4.69, 9.17) is 15.0 Å². The molecule has 0 spiro atoms. The molecule has 0 aliphatic carbocycles. The van der Waals surface area contributed by atoms with Crippen LogP contribution in [0.25, 0.3) is 10.4 Å². The molecule has 1 aromatic carbocycles. The van der Waals surface area contributed by atoms with Crippen LogP contribution in [0.4, 0.5) is 11.4 Å². The molecule has 0 amide bonds. The van der Waals surface area contributed by atoms with Gasteiger partial charge in [0, 0.05) is 29.8 Å². The number of morpholine rings is 1. The number of azide groups is 1. The average Bonchev–Trinajstić information content (AvgIpc) is 2.40. The second-order valence-electron chi connectivity index (χ2n) is 3.65. The van der Waals surface area contributed by atoms with Crippen molar-refractivity contribution in [1.82, 2.24) is 0 Å². The highest BCUT2D eigenvalue weighted by atomic mass is 16.5. The quantitative estimate of drug-likeness (QED) is 0.458. The molecule has 1 aliphatic rings. The lowest BCUT2D eigenvalue weighted by Gasteiger charge is -2.29. The van der Waals surface area contributed by atoms with Gasteiger partial charge < -0.3 is 14.4 Å². The second kappa shape index (κ2) is 5.43. The Morgan fingerprint density at radius 3 is 2.82 bits per heavy atom. The maximum absolute atomic E-state index is 8.43. The second-order valence-corrected chi connectivity index (χ2v) is 3.65. The molecule has 0 bridgehead atoms. The summed E-state index contributed by atoms with van der Waals surface area (Å²) in [7, 11) is 1.56. The molecule has 6 heteroatoms. The van der Waals surface area contributed by atoms with E-state index in [9.17, 15) is 0 Å². The first-order valence-electron chi connectivity index (χ1n) is 5.41. The molecular weight excluding hydrogens is 220 g/mol. The third-order valence-corrected chi connectivity index (χ3v) is 2.69. The van der Waals surface area contributed by atoms with Crippen LogP contribution in [0.2, 0.25) is 0 Å². The van der Waals surface area contributed by atoms with Gasteiger partial charge in [-0.15, -0.1) is 0 Å². The molecular formula is C11H14N4O2. The first kappa shape index (κ1) is 11.6. The zero-order valence-electron chi connectivity index (χ0n) is 9.67. The monoisotopic (exact) mass is 234 g/mol. The number of ether oxygens (including phenoxy) is 2. The van der Waals surface area contributed by atoms with Gasteiger partial charge in [0.2, 0.25) is 0 Å². The van der Waals surface area contributed by atoms with Crippen LogP contribution in [-0.2, 0) is 4.74 Å². The molecule has 2 rings (SSSR count). The average molecular weight is 234 g/mol. The van der Waals surface area contributed by atoms with E-state index in [0.29, 0.717) is 11.4 Å². The molecule has 0 saturated carbocycles. The first-order chi connectivity index (χ1) is 8.35. The van der Waals surface area contributed by atoms with Crippen molar-refractivity contribution in [2.24, 2.45) is 5.11 Å². The number of anilines is 1. The summed E-state index contributed by atoms with van der Waals surface area (Å²) in [5.74, 6) is 0.590. The summed E-state index contributed by atoms with van der Waals surface area (Å²) in [4.78, 5) is 4.98. The zero-order valence-corrected chi connectivity index (χ0v) is 9.67. The van der Waals surface area contributed by atoms with E-state index in [1.807, 2.05) is 12.1 Å². The Kier molecular flexibility index (Phi) is 3.69. The lowest BCUT2D eigenvalue weighted by atomic mass is 10.2. The Bertz CT molecular complexity index is 437. The highest BCUT2D eigenvalue weighted by Crippen LogP contribution is 2.32. The summed E-state index contributed by atoms with van der Waals surface area (Å²) in [6.45, 7) is 3.20. The number of hydrogen-bond acceptors (Lipinski definition) is 4. The van der Waals surface area contributed by atoms with Crippen LogP contribution in [0.15, 0.2) is 23.3 Å². The van der Waals surface area contributed by atoms with Crippen molar-refractivity contribution < 1.29 is 9.47 Å². The first-order valence-corrected chi connectivity index (χ1v) is 5.41. The number of hydrogen-bond donors (Lipinski definition) is 0. The van der Waals surface area contributed by atoms with Gasteiger partial charge in [-0.2, -0.15) is 0 Å². The number of methoxy groups -OCH3 is 1. The molecule has 0 N–H and O–H groups in total. The molecule has 1 saturated heterocycles. The Morgan fingerprint density at radius 1 is 1.41 bits per heavy atom. The minimum absolute atomic E-state index is 0.506. The lowest BCUT2D eigenvalue weighted by molar-refractivity contribution is 0.122. The summed E-state index contributed by atoms with van der Waals surface area (Å²) in [5, 5.41) is 3.58. The Balaban J connectivity index is 2.26. The zero-order chi connectivity index (χ0) is 12.1.